The molecule has 0 aromatic heterocycles. The first-order chi connectivity index (χ1) is 9.03. The number of benzene rings is 1. The van der Waals surface area contributed by atoms with Crippen molar-refractivity contribution in [1.82, 2.24) is 0 Å². The van der Waals surface area contributed by atoms with E-state index < -0.39 is 5.97 Å². The van der Waals surface area contributed by atoms with Gasteiger partial charge in [-0.05, 0) is 32.4 Å². The minimum Gasteiger partial charge on any atom is -0.478 e. The smallest absolute Gasteiger partial charge is 0.337 e. The molecule has 19 heavy (non-hydrogen) atoms. The molecule has 0 spiro atoms. The Morgan fingerprint density at radius 2 is 2.11 bits per heavy atom. The molecule has 0 amide bonds. The van der Waals surface area contributed by atoms with E-state index in [1.54, 1.807) is 6.07 Å². The van der Waals surface area contributed by atoms with E-state index in [0.29, 0.717) is 23.5 Å². The average molecular weight is 261 g/mol. The predicted molar refractivity (Wildman–Crippen MR) is 75.7 cm³/mol. The van der Waals surface area contributed by atoms with Gasteiger partial charge in [-0.1, -0.05) is 6.92 Å². The molecule has 1 aromatic carbocycles. The van der Waals surface area contributed by atoms with Gasteiger partial charge in [0.2, 0.25) is 0 Å². The molecule has 0 fully saturated rings. The first-order valence-electron chi connectivity index (χ1n) is 6.35. The number of carbonyl (C=O) groups is 1. The van der Waals surface area contributed by atoms with E-state index in [1.807, 2.05) is 20.8 Å². The van der Waals surface area contributed by atoms with Crippen molar-refractivity contribution in [2.75, 3.05) is 17.2 Å². The molecular weight excluding hydrogens is 242 g/mol. The summed E-state index contributed by atoms with van der Waals surface area (Å²) >= 11 is 0. The Hall–Kier alpha value is -2.22. The third kappa shape index (κ3) is 3.62. The highest BCUT2D eigenvalue weighted by Crippen LogP contribution is 2.26. The topological polar surface area (TPSA) is 85.2 Å². The van der Waals surface area contributed by atoms with E-state index >= 15 is 0 Å². The standard InChI is InChI=1S/C14H19N3O2/c1-4-9(3)17-12-7-11(14(18)19)13(16-5-2)6-10(12)8-15/h6-7,9,16-17H,4-5H2,1-3H3,(H,18,19)/t9-/m1/s1. The minimum atomic E-state index is -1.01. The number of aromatic carboxylic acids is 1. The van der Waals surface area contributed by atoms with Crippen molar-refractivity contribution in [2.45, 2.75) is 33.2 Å². The average Bonchev–Trinajstić information content (AvgIpc) is 2.39. The molecule has 1 aromatic rings. The van der Waals surface area contributed by atoms with Gasteiger partial charge in [0.1, 0.15) is 6.07 Å². The fourth-order valence-electron chi connectivity index (χ4n) is 1.69. The van der Waals surface area contributed by atoms with Gasteiger partial charge in [0, 0.05) is 12.6 Å². The summed E-state index contributed by atoms with van der Waals surface area (Å²) in [4.78, 5) is 11.3. The molecule has 1 rings (SSSR count). The first-order valence-corrected chi connectivity index (χ1v) is 6.35. The zero-order chi connectivity index (χ0) is 14.4. The van der Waals surface area contributed by atoms with E-state index in [2.05, 4.69) is 16.7 Å². The van der Waals surface area contributed by atoms with Gasteiger partial charge >= 0.3 is 5.97 Å². The molecular formula is C14H19N3O2. The van der Waals surface area contributed by atoms with Crippen LogP contribution in [-0.2, 0) is 0 Å². The summed E-state index contributed by atoms with van der Waals surface area (Å²) in [5.74, 6) is -1.01. The van der Waals surface area contributed by atoms with Gasteiger partial charge in [0.25, 0.3) is 0 Å². The van der Waals surface area contributed by atoms with Crippen LogP contribution in [0.4, 0.5) is 11.4 Å². The summed E-state index contributed by atoms with van der Waals surface area (Å²) in [7, 11) is 0. The third-order valence-corrected chi connectivity index (χ3v) is 2.89. The van der Waals surface area contributed by atoms with E-state index in [-0.39, 0.29) is 11.6 Å². The maximum absolute atomic E-state index is 11.3. The number of anilines is 2. The molecule has 1 atom stereocenters. The number of hydrogen-bond donors (Lipinski definition) is 3. The Balaban J connectivity index is 3.28. The van der Waals surface area contributed by atoms with E-state index in [9.17, 15) is 9.90 Å². The fraction of sp³-hybridized carbons (Fsp3) is 0.429. The molecule has 0 saturated heterocycles. The van der Waals surface area contributed by atoms with Gasteiger partial charge in [-0.25, -0.2) is 4.79 Å². The summed E-state index contributed by atoms with van der Waals surface area (Å²) in [6, 6.07) is 5.37. The predicted octanol–water partition coefficient (Wildman–Crippen LogP) is 2.90. The second-order valence-electron chi connectivity index (χ2n) is 4.34. The van der Waals surface area contributed by atoms with E-state index in [4.69, 9.17) is 5.26 Å². The number of nitrogens with zero attached hydrogens (tertiary/aromatic N) is 1. The molecule has 0 aliphatic heterocycles. The number of nitrogens with one attached hydrogen (secondary N) is 2. The lowest BCUT2D eigenvalue weighted by Crippen LogP contribution is -2.16. The Kier molecular flexibility index (Phi) is 5.19. The Labute approximate surface area is 113 Å². The summed E-state index contributed by atoms with van der Waals surface area (Å²) in [6.45, 7) is 6.49. The van der Waals surface area contributed by atoms with Crippen LogP contribution in [0.25, 0.3) is 0 Å². The lowest BCUT2D eigenvalue weighted by Gasteiger charge is -2.17. The van der Waals surface area contributed by atoms with Crippen molar-refractivity contribution >= 4 is 17.3 Å². The zero-order valence-corrected chi connectivity index (χ0v) is 11.4. The molecule has 102 valence electrons. The van der Waals surface area contributed by atoms with Crippen LogP contribution in [0.1, 0.15) is 43.1 Å². The van der Waals surface area contributed by atoms with Gasteiger partial charge in [-0.2, -0.15) is 5.26 Å². The molecule has 0 unspecified atom stereocenters. The molecule has 0 saturated carbocycles. The lowest BCUT2D eigenvalue weighted by molar-refractivity contribution is 0.0698. The summed E-state index contributed by atoms with van der Waals surface area (Å²) in [5, 5.41) is 24.5. The van der Waals surface area contributed by atoms with Crippen LogP contribution in [0, 0.1) is 11.3 Å². The Morgan fingerprint density at radius 1 is 1.42 bits per heavy atom. The maximum Gasteiger partial charge on any atom is 0.337 e. The van der Waals surface area contributed by atoms with Crippen LogP contribution < -0.4 is 10.6 Å². The largest absolute Gasteiger partial charge is 0.478 e. The number of hydrogen-bond acceptors (Lipinski definition) is 4. The molecule has 3 N–H and O–H groups in total. The Bertz CT molecular complexity index is 506. The highest BCUT2D eigenvalue weighted by molar-refractivity contribution is 5.96. The highest BCUT2D eigenvalue weighted by atomic mass is 16.4. The van der Waals surface area contributed by atoms with Crippen LogP contribution in [0.15, 0.2) is 12.1 Å². The zero-order valence-electron chi connectivity index (χ0n) is 11.4. The van der Waals surface area contributed by atoms with Crippen molar-refractivity contribution < 1.29 is 9.90 Å². The molecule has 5 nitrogen and oxygen atoms in total. The van der Waals surface area contributed by atoms with E-state index in [1.165, 1.54) is 6.07 Å². The summed E-state index contributed by atoms with van der Waals surface area (Å²) in [5.41, 5.74) is 1.66. The molecule has 0 aliphatic carbocycles. The van der Waals surface area contributed by atoms with Crippen molar-refractivity contribution in [1.29, 1.82) is 5.26 Å². The highest BCUT2D eigenvalue weighted by Gasteiger charge is 2.15. The van der Waals surface area contributed by atoms with Crippen molar-refractivity contribution in [2.24, 2.45) is 0 Å². The molecule has 5 heteroatoms. The number of nitriles is 1. The number of carboxylic acid groups (broad SMARTS) is 1. The quantitative estimate of drug-likeness (QED) is 0.733. The van der Waals surface area contributed by atoms with Gasteiger partial charge < -0.3 is 15.7 Å². The van der Waals surface area contributed by atoms with Gasteiger partial charge in [-0.15, -0.1) is 0 Å². The van der Waals surface area contributed by atoms with Crippen LogP contribution >= 0.6 is 0 Å². The summed E-state index contributed by atoms with van der Waals surface area (Å²) < 4.78 is 0. The second kappa shape index (κ2) is 6.64. The third-order valence-electron chi connectivity index (χ3n) is 2.89. The van der Waals surface area contributed by atoms with E-state index in [0.717, 1.165) is 6.42 Å². The minimum absolute atomic E-state index is 0.173. The molecule has 0 radical (unpaired) electrons. The van der Waals surface area contributed by atoms with Gasteiger partial charge in [0.05, 0.1) is 22.5 Å². The second-order valence-corrected chi connectivity index (χ2v) is 4.34. The van der Waals surface area contributed by atoms with Gasteiger partial charge in [-0.3, -0.25) is 0 Å². The van der Waals surface area contributed by atoms with Crippen molar-refractivity contribution in [3.05, 3.63) is 23.3 Å². The lowest BCUT2D eigenvalue weighted by atomic mass is 10.1. The number of carboxylic acids is 1. The van der Waals surface area contributed by atoms with Gasteiger partial charge in [0.15, 0.2) is 0 Å². The Morgan fingerprint density at radius 3 is 2.58 bits per heavy atom. The molecule has 0 heterocycles. The van der Waals surface area contributed by atoms with Crippen LogP contribution in [0.5, 0.6) is 0 Å². The van der Waals surface area contributed by atoms with Crippen molar-refractivity contribution in [3.8, 4) is 6.07 Å². The molecule has 0 bridgehead atoms. The number of rotatable bonds is 6. The van der Waals surface area contributed by atoms with Crippen molar-refractivity contribution in [3.63, 3.8) is 0 Å². The van der Waals surface area contributed by atoms with Crippen LogP contribution in [-0.4, -0.2) is 23.7 Å². The molecule has 0 aliphatic rings. The van der Waals surface area contributed by atoms with Crippen LogP contribution in [0.2, 0.25) is 0 Å². The normalized spacial score (nSPS) is 11.5. The fourth-order valence-corrected chi connectivity index (χ4v) is 1.69. The monoisotopic (exact) mass is 261 g/mol. The summed E-state index contributed by atoms with van der Waals surface area (Å²) in [6.07, 6.45) is 0.891. The maximum atomic E-state index is 11.3. The first kappa shape index (κ1) is 14.8. The van der Waals surface area contributed by atoms with Crippen LogP contribution in [0.3, 0.4) is 0 Å². The SMILES string of the molecule is CCNc1cc(C#N)c(N[C@H](C)CC)cc1C(=O)O.